The van der Waals surface area contributed by atoms with Gasteiger partial charge in [0.05, 0.1) is 0 Å². The van der Waals surface area contributed by atoms with Gasteiger partial charge in [-0.3, -0.25) is 0 Å². The fourth-order valence-corrected chi connectivity index (χ4v) is 2.24. The van der Waals surface area contributed by atoms with Crippen molar-refractivity contribution in [2.24, 2.45) is 0 Å². The second-order valence-electron chi connectivity index (χ2n) is 4.76. The van der Waals surface area contributed by atoms with Crippen LogP contribution >= 0.6 is 15.9 Å². The molecule has 1 fully saturated rings. The number of nitrogens with zero attached hydrogens (tertiary/aromatic N) is 1. The van der Waals surface area contributed by atoms with E-state index in [0.717, 1.165) is 0 Å². The Balaban J connectivity index is 4.06. The summed E-state index contributed by atoms with van der Waals surface area (Å²) in [5.74, 6) is -31.1. The lowest BCUT2D eigenvalue weighted by molar-refractivity contribution is -0.546. The summed E-state index contributed by atoms with van der Waals surface area (Å²) in [7, 11) is 0. The molecule has 1 aliphatic rings. The van der Waals surface area contributed by atoms with E-state index in [9.17, 15) is 70.2 Å². The third kappa shape index (κ3) is 2.28. The second-order valence-corrected chi connectivity index (χ2v) is 5.75. The Hall–Kier alpha value is -0.680. The van der Waals surface area contributed by atoms with E-state index < -0.39 is 51.6 Å². The maximum atomic E-state index is 13.8. The molecule has 0 spiro atoms. The summed E-state index contributed by atoms with van der Waals surface area (Å²) in [4.78, 5) is -11.0. The molecule has 0 aromatic rings. The van der Waals surface area contributed by atoms with Gasteiger partial charge in [-0.1, -0.05) is 0 Å². The SMILES string of the molecule is FC(F)(F)C(F)(N1C(F)(F)C(F)(F)C(F)(F)C(F)(F)C1(F)F)C(F)(F)Br. The van der Waals surface area contributed by atoms with Crippen LogP contribution in [0.1, 0.15) is 0 Å². The van der Waals surface area contributed by atoms with E-state index in [4.69, 9.17) is 0 Å². The van der Waals surface area contributed by atoms with Crippen LogP contribution in [-0.2, 0) is 0 Å². The molecule has 0 aromatic carbocycles. The number of hydrogen-bond acceptors (Lipinski definition) is 1. The molecule has 1 nitrogen and oxygen atoms in total. The zero-order chi connectivity index (χ0) is 21.6. The largest absolute Gasteiger partial charge is 0.444 e. The maximum absolute atomic E-state index is 13.8. The molecule has 26 heavy (non-hydrogen) atoms. The standard InChI is InChI=1S/C8BrF16N/c9-5(17,18)4(16,6(19,20)21)26-7(22,23)2(12,13)1(10,11)3(14,15)8(26,24)25. The molecule has 0 aliphatic carbocycles. The summed E-state index contributed by atoms with van der Waals surface area (Å²) >= 11 is 0.365. The quantitative estimate of drug-likeness (QED) is 0.274. The van der Waals surface area contributed by atoms with Gasteiger partial charge in [-0.25, -0.2) is 4.39 Å². The first-order valence-corrected chi connectivity index (χ1v) is 6.18. The van der Waals surface area contributed by atoms with Crippen molar-refractivity contribution in [3.8, 4) is 0 Å². The summed E-state index contributed by atoms with van der Waals surface area (Å²) in [5, 5.41) is 0. The number of hydrogen-bond donors (Lipinski definition) is 0. The highest BCUT2D eigenvalue weighted by Gasteiger charge is 3.00. The van der Waals surface area contributed by atoms with Crippen LogP contribution in [0.15, 0.2) is 0 Å². The van der Waals surface area contributed by atoms with Crippen LogP contribution in [-0.4, -0.2) is 51.6 Å². The van der Waals surface area contributed by atoms with Gasteiger partial charge in [0.1, 0.15) is 0 Å². The molecule has 0 radical (unpaired) electrons. The minimum absolute atomic E-state index is 0.365. The average Bonchev–Trinajstić information content (AvgIpc) is 2.33. The predicted molar refractivity (Wildman–Crippen MR) is 50.3 cm³/mol. The van der Waals surface area contributed by atoms with Crippen molar-refractivity contribution < 1.29 is 70.2 Å². The van der Waals surface area contributed by atoms with E-state index in [-0.39, 0.29) is 0 Å². The Kier molecular flexibility index (Phi) is 4.69. The first kappa shape index (κ1) is 23.4. The van der Waals surface area contributed by atoms with Crippen molar-refractivity contribution >= 4 is 15.9 Å². The lowest BCUT2D eigenvalue weighted by Crippen LogP contribution is -2.87. The molecule has 156 valence electrons. The normalized spacial score (nSPS) is 29.9. The van der Waals surface area contributed by atoms with Gasteiger partial charge in [0.25, 0.3) is 0 Å². The highest BCUT2D eigenvalue weighted by molar-refractivity contribution is 9.10. The molecule has 0 N–H and O–H groups in total. The zero-order valence-electron chi connectivity index (χ0n) is 10.9. The van der Waals surface area contributed by atoms with Crippen molar-refractivity contribution in [1.29, 1.82) is 0 Å². The number of halogens is 17. The van der Waals surface area contributed by atoms with Gasteiger partial charge in [-0.2, -0.15) is 65.9 Å². The van der Waals surface area contributed by atoms with Crippen molar-refractivity contribution in [2.45, 2.75) is 46.7 Å². The number of rotatable bonds is 2. The van der Waals surface area contributed by atoms with Crippen molar-refractivity contribution in [2.75, 3.05) is 0 Å². The Bertz CT molecular complexity index is 528. The van der Waals surface area contributed by atoms with Gasteiger partial charge in [0.2, 0.25) is 0 Å². The Morgan fingerprint density at radius 3 is 1.00 bits per heavy atom. The van der Waals surface area contributed by atoms with E-state index in [1.165, 1.54) is 0 Å². The second kappa shape index (κ2) is 5.22. The van der Waals surface area contributed by atoms with Gasteiger partial charge < -0.3 is 0 Å². The van der Waals surface area contributed by atoms with Crippen molar-refractivity contribution in [3.63, 3.8) is 0 Å². The van der Waals surface area contributed by atoms with Crippen LogP contribution in [0.3, 0.4) is 0 Å². The lowest BCUT2D eigenvalue weighted by Gasteiger charge is -2.55. The molecular weight excluding hydrogens is 494 g/mol. The Morgan fingerprint density at radius 2 is 0.808 bits per heavy atom. The van der Waals surface area contributed by atoms with E-state index in [1.807, 2.05) is 0 Å². The maximum Gasteiger partial charge on any atom is 0.444 e. The van der Waals surface area contributed by atoms with E-state index in [1.54, 1.807) is 0 Å². The Morgan fingerprint density at radius 1 is 0.538 bits per heavy atom. The van der Waals surface area contributed by atoms with E-state index >= 15 is 0 Å². The minimum atomic E-state index is -7.87. The molecule has 1 atom stereocenters. The molecule has 18 heteroatoms. The summed E-state index contributed by atoms with van der Waals surface area (Å²) in [6.45, 7) is 0. The molecule has 1 rings (SSSR count). The molecule has 1 unspecified atom stereocenters. The average molecular weight is 494 g/mol. The van der Waals surface area contributed by atoms with Gasteiger partial charge in [0.15, 0.2) is 0 Å². The van der Waals surface area contributed by atoms with Crippen LogP contribution in [0.2, 0.25) is 0 Å². The van der Waals surface area contributed by atoms with Crippen molar-refractivity contribution in [3.05, 3.63) is 0 Å². The van der Waals surface area contributed by atoms with Gasteiger partial charge in [-0.15, -0.1) is 4.90 Å². The van der Waals surface area contributed by atoms with Crippen LogP contribution in [0.4, 0.5) is 70.2 Å². The van der Waals surface area contributed by atoms with E-state index in [0.29, 0.717) is 15.9 Å². The molecule has 0 bridgehead atoms. The molecule has 1 heterocycles. The summed E-state index contributed by atoms with van der Waals surface area (Å²) in [6, 6.07) is -15.7. The molecular formula is C8BrF16N. The van der Waals surface area contributed by atoms with Crippen LogP contribution < -0.4 is 0 Å². The molecule has 1 saturated heterocycles. The topological polar surface area (TPSA) is 3.24 Å². The third-order valence-corrected chi connectivity index (χ3v) is 3.69. The Labute approximate surface area is 139 Å². The molecule has 1 aliphatic heterocycles. The molecule has 0 saturated carbocycles. The molecule has 0 aromatic heterocycles. The number of alkyl halides is 17. The monoisotopic (exact) mass is 493 g/mol. The van der Waals surface area contributed by atoms with Gasteiger partial charge >= 0.3 is 46.7 Å². The lowest BCUT2D eigenvalue weighted by atomic mass is 9.91. The van der Waals surface area contributed by atoms with E-state index in [2.05, 4.69) is 0 Å². The summed E-state index contributed by atoms with van der Waals surface area (Å²) < 4.78 is 208. The minimum Gasteiger partial charge on any atom is -0.208 e. The third-order valence-electron chi connectivity index (χ3n) is 3.17. The fourth-order valence-electron chi connectivity index (χ4n) is 1.83. The van der Waals surface area contributed by atoms with Crippen molar-refractivity contribution in [1.82, 2.24) is 4.90 Å². The first-order chi connectivity index (χ1) is 10.9. The molecule has 0 amide bonds. The predicted octanol–water partition coefficient (Wildman–Crippen LogP) is 5.61. The first-order valence-electron chi connectivity index (χ1n) is 5.38. The van der Waals surface area contributed by atoms with Gasteiger partial charge in [0, 0.05) is 0 Å². The highest BCUT2D eigenvalue weighted by atomic mass is 79.9. The fraction of sp³-hybridized carbons (Fsp3) is 1.00. The van der Waals surface area contributed by atoms with Crippen LogP contribution in [0.5, 0.6) is 0 Å². The zero-order valence-corrected chi connectivity index (χ0v) is 12.5. The highest BCUT2D eigenvalue weighted by Crippen LogP contribution is 2.69. The van der Waals surface area contributed by atoms with Crippen LogP contribution in [0, 0.1) is 0 Å². The van der Waals surface area contributed by atoms with Crippen LogP contribution in [0.25, 0.3) is 0 Å². The van der Waals surface area contributed by atoms with Gasteiger partial charge in [-0.05, 0) is 15.9 Å². The number of piperidine rings is 1. The number of likely N-dealkylation sites (tertiary alicyclic amines) is 1. The summed E-state index contributed by atoms with van der Waals surface area (Å²) in [6.07, 6.45) is -7.69. The summed E-state index contributed by atoms with van der Waals surface area (Å²) in [5.41, 5.74) is 0. The smallest absolute Gasteiger partial charge is 0.208 e.